The molecule has 0 spiro atoms. The lowest BCUT2D eigenvalue weighted by molar-refractivity contribution is 0.312. The van der Waals surface area contributed by atoms with Gasteiger partial charge in [-0.15, -0.1) is 30.6 Å². The van der Waals surface area contributed by atoms with Gasteiger partial charge >= 0.3 is 0 Å². The standard InChI is InChI=1S/C15H32N4.HI/c1-6-10-11-13-18(5)15(16-7-2)17-12-14-19(8-3)9-4;/h6H,1,7-14H2,2-5H3,(H,16,17);1H. The molecule has 5 heteroatoms. The van der Waals surface area contributed by atoms with E-state index in [9.17, 15) is 0 Å². The van der Waals surface area contributed by atoms with E-state index in [4.69, 9.17) is 4.99 Å². The number of halogens is 1. The van der Waals surface area contributed by atoms with Crippen LogP contribution in [0.25, 0.3) is 0 Å². The van der Waals surface area contributed by atoms with Gasteiger partial charge in [-0.3, -0.25) is 4.99 Å². The van der Waals surface area contributed by atoms with E-state index in [1.54, 1.807) is 0 Å². The number of unbranched alkanes of at least 4 members (excludes halogenated alkanes) is 1. The van der Waals surface area contributed by atoms with Crippen molar-refractivity contribution in [1.82, 2.24) is 15.1 Å². The summed E-state index contributed by atoms with van der Waals surface area (Å²) in [4.78, 5) is 9.29. The van der Waals surface area contributed by atoms with Crippen molar-refractivity contribution in [1.29, 1.82) is 0 Å². The maximum absolute atomic E-state index is 4.69. The molecule has 0 rings (SSSR count). The van der Waals surface area contributed by atoms with Crippen LogP contribution in [-0.2, 0) is 0 Å². The highest BCUT2D eigenvalue weighted by Gasteiger charge is 2.05. The predicted octanol–water partition coefficient (Wildman–Crippen LogP) is 2.81. The van der Waals surface area contributed by atoms with Gasteiger partial charge in [0.25, 0.3) is 0 Å². The molecular formula is C15H33IN4. The molecule has 1 N–H and O–H groups in total. The smallest absolute Gasteiger partial charge is 0.193 e. The van der Waals surface area contributed by atoms with Crippen LogP contribution in [0.2, 0.25) is 0 Å². The first-order valence-corrected chi connectivity index (χ1v) is 7.52. The Balaban J connectivity index is 0. The summed E-state index contributed by atoms with van der Waals surface area (Å²) in [6, 6.07) is 0. The molecule has 0 fully saturated rings. The molecular weight excluding hydrogens is 363 g/mol. The third-order valence-corrected chi connectivity index (χ3v) is 3.17. The van der Waals surface area contributed by atoms with Crippen molar-refractivity contribution in [3.8, 4) is 0 Å². The second kappa shape index (κ2) is 15.1. The highest BCUT2D eigenvalue weighted by atomic mass is 127. The van der Waals surface area contributed by atoms with Crippen LogP contribution in [0.5, 0.6) is 0 Å². The number of rotatable bonds is 10. The number of aliphatic imine (C=N–C) groups is 1. The molecule has 0 saturated heterocycles. The fourth-order valence-electron chi connectivity index (χ4n) is 1.89. The number of hydrogen-bond acceptors (Lipinski definition) is 2. The molecule has 0 saturated carbocycles. The van der Waals surface area contributed by atoms with E-state index < -0.39 is 0 Å². The minimum absolute atomic E-state index is 0. The Kier molecular flexibility index (Phi) is 16.6. The van der Waals surface area contributed by atoms with Gasteiger partial charge in [0.15, 0.2) is 5.96 Å². The van der Waals surface area contributed by atoms with E-state index in [2.05, 4.69) is 49.5 Å². The normalized spacial score (nSPS) is 11.2. The maximum atomic E-state index is 4.69. The van der Waals surface area contributed by atoms with Gasteiger partial charge in [-0.25, -0.2) is 0 Å². The van der Waals surface area contributed by atoms with Crippen molar-refractivity contribution in [2.75, 3.05) is 46.3 Å². The Morgan fingerprint density at radius 1 is 1.20 bits per heavy atom. The fourth-order valence-corrected chi connectivity index (χ4v) is 1.89. The van der Waals surface area contributed by atoms with Crippen LogP contribution in [0, 0.1) is 0 Å². The molecule has 0 aliphatic heterocycles. The first kappa shape index (κ1) is 22.0. The molecule has 0 heterocycles. The summed E-state index contributed by atoms with van der Waals surface area (Å²) < 4.78 is 0. The second-order valence-corrected chi connectivity index (χ2v) is 4.61. The average molecular weight is 396 g/mol. The first-order valence-electron chi connectivity index (χ1n) is 7.52. The molecule has 0 aliphatic carbocycles. The van der Waals surface area contributed by atoms with E-state index in [1.807, 2.05) is 6.08 Å². The quantitative estimate of drug-likeness (QED) is 0.203. The number of nitrogens with zero attached hydrogens (tertiary/aromatic N) is 3. The fraction of sp³-hybridized carbons (Fsp3) is 0.800. The number of allylic oxidation sites excluding steroid dienone is 1. The van der Waals surface area contributed by atoms with Gasteiger partial charge < -0.3 is 15.1 Å². The molecule has 120 valence electrons. The summed E-state index contributed by atoms with van der Waals surface area (Å²) in [5.74, 6) is 1.01. The number of nitrogens with one attached hydrogen (secondary N) is 1. The lowest BCUT2D eigenvalue weighted by Gasteiger charge is -2.22. The Hall–Kier alpha value is -0.300. The summed E-state index contributed by atoms with van der Waals surface area (Å²) in [7, 11) is 2.10. The monoisotopic (exact) mass is 396 g/mol. The van der Waals surface area contributed by atoms with Gasteiger partial charge in [0.1, 0.15) is 0 Å². The molecule has 0 unspecified atom stereocenters. The molecule has 0 radical (unpaired) electrons. The topological polar surface area (TPSA) is 30.9 Å². The van der Waals surface area contributed by atoms with Crippen LogP contribution in [0.1, 0.15) is 33.6 Å². The Morgan fingerprint density at radius 2 is 1.85 bits per heavy atom. The summed E-state index contributed by atoms with van der Waals surface area (Å²) in [6.07, 6.45) is 4.15. The summed E-state index contributed by atoms with van der Waals surface area (Å²) in [6.45, 7) is 16.3. The van der Waals surface area contributed by atoms with Crippen molar-refractivity contribution in [3.63, 3.8) is 0 Å². The minimum Gasteiger partial charge on any atom is -0.357 e. The first-order chi connectivity index (χ1) is 9.19. The van der Waals surface area contributed by atoms with E-state index >= 15 is 0 Å². The molecule has 0 atom stereocenters. The maximum Gasteiger partial charge on any atom is 0.193 e. The van der Waals surface area contributed by atoms with Gasteiger partial charge in [-0.1, -0.05) is 19.9 Å². The minimum atomic E-state index is 0. The van der Waals surface area contributed by atoms with Crippen molar-refractivity contribution < 1.29 is 0 Å². The van der Waals surface area contributed by atoms with Gasteiger partial charge in [0.05, 0.1) is 6.54 Å². The van der Waals surface area contributed by atoms with Gasteiger partial charge in [-0.05, 0) is 32.9 Å². The number of likely N-dealkylation sites (N-methyl/N-ethyl adjacent to an activating group) is 1. The van der Waals surface area contributed by atoms with Crippen molar-refractivity contribution in [2.45, 2.75) is 33.6 Å². The second-order valence-electron chi connectivity index (χ2n) is 4.61. The highest BCUT2D eigenvalue weighted by molar-refractivity contribution is 14.0. The zero-order chi connectivity index (χ0) is 14.5. The highest BCUT2D eigenvalue weighted by Crippen LogP contribution is 1.95. The van der Waals surface area contributed by atoms with Crippen molar-refractivity contribution >= 4 is 29.9 Å². The van der Waals surface area contributed by atoms with Crippen LogP contribution in [0.15, 0.2) is 17.6 Å². The van der Waals surface area contributed by atoms with E-state index in [1.165, 1.54) is 0 Å². The molecule has 0 amide bonds. The van der Waals surface area contributed by atoms with E-state index in [0.29, 0.717) is 0 Å². The van der Waals surface area contributed by atoms with Crippen LogP contribution >= 0.6 is 24.0 Å². The van der Waals surface area contributed by atoms with E-state index in [0.717, 1.165) is 58.1 Å². The summed E-state index contributed by atoms with van der Waals surface area (Å²) in [5, 5.41) is 3.35. The molecule has 0 aromatic heterocycles. The number of guanidine groups is 1. The Bertz CT molecular complexity index is 252. The third-order valence-electron chi connectivity index (χ3n) is 3.17. The molecule has 0 aromatic carbocycles. The van der Waals surface area contributed by atoms with E-state index in [-0.39, 0.29) is 24.0 Å². The molecule has 4 nitrogen and oxygen atoms in total. The SMILES string of the molecule is C=CCCCN(C)C(=NCCN(CC)CC)NCC.I. The van der Waals surface area contributed by atoms with Gasteiger partial charge in [0, 0.05) is 26.7 Å². The molecule has 0 aliphatic rings. The number of hydrogen-bond donors (Lipinski definition) is 1. The Labute approximate surface area is 142 Å². The summed E-state index contributed by atoms with van der Waals surface area (Å²) >= 11 is 0. The molecule has 0 aromatic rings. The average Bonchev–Trinajstić information content (AvgIpc) is 2.42. The lowest BCUT2D eigenvalue weighted by Crippen LogP contribution is -2.40. The van der Waals surface area contributed by atoms with Gasteiger partial charge in [-0.2, -0.15) is 0 Å². The van der Waals surface area contributed by atoms with Crippen molar-refractivity contribution in [2.24, 2.45) is 4.99 Å². The molecule has 20 heavy (non-hydrogen) atoms. The van der Waals surface area contributed by atoms with Gasteiger partial charge in [0.2, 0.25) is 0 Å². The van der Waals surface area contributed by atoms with Crippen LogP contribution in [0.4, 0.5) is 0 Å². The Morgan fingerprint density at radius 3 is 2.35 bits per heavy atom. The largest absolute Gasteiger partial charge is 0.357 e. The van der Waals surface area contributed by atoms with Crippen LogP contribution in [-0.4, -0.2) is 62.1 Å². The third kappa shape index (κ3) is 10.5. The molecule has 0 bridgehead atoms. The zero-order valence-electron chi connectivity index (χ0n) is 13.7. The predicted molar refractivity (Wildman–Crippen MR) is 101 cm³/mol. The van der Waals surface area contributed by atoms with Crippen LogP contribution < -0.4 is 5.32 Å². The van der Waals surface area contributed by atoms with Crippen LogP contribution in [0.3, 0.4) is 0 Å². The lowest BCUT2D eigenvalue weighted by atomic mass is 10.3. The zero-order valence-corrected chi connectivity index (χ0v) is 16.0. The van der Waals surface area contributed by atoms with Crippen molar-refractivity contribution in [3.05, 3.63) is 12.7 Å². The summed E-state index contributed by atoms with van der Waals surface area (Å²) in [5.41, 5.74) is 0.